The highest BCUT2D eigenvalue weighted by molar-refractivity contribution is 9.10. The van der Waals surface area contributed by atoms with E-state index in [1.807, 2.05) is 42.5 Å². The Morgan fingerprint density at radius 2 is 1.88 bits per heavy atom. The van der Waals surface area contributed by atoms with Gasteiger partial charge in [-0.15, -0.1) is 0 Å². The Balaban J connectivity index is 1.58. The van der Waals surface area contributed by atoms with E-state index in [1.165, 1.54) is 7.11 Å². The Hall–Kier alpha value is -3.16. The maximum atomic E-state index is 12.5. The van der Waals surface area contributed by atoms with Crippen molar-refractivity contribution in [2.24, 2.45) is 0 Å². The first kappa shape index (κ1) is 22.0. The van der Waals surface area contributed by atoms with E-state index in [1.54, 1.807) is 18.2 Å². The molecule has 2 N–H and O–H groups in total. The van der Waals surface area contributed by atoms with Crippen molar-refractivity contribution < 1.29 is 24.2 Å². The second-order valence-electron chi connectivity index (χ2n) is 7.57. The van der Waals surface area contributed by atoms with Gasteiger partial charge in [-0.1, -0.05) is 46.3 Å². The van der Waals surface area contributed by atoms with Gasteiger partial charge in [0.15, 0.2) is 17.3 Å². The predicted octanol–water partition coefficient (Wildman–Crippen LogP) is 4.83. The van der Waals surface area contributed by atoms with Crippen LogP contribution in [0.1, 0.15) is 28.3 Å². The minimum absolute atomic E-state index is 0.113. The number of carbonyl (C=O) groups excluding carboxylic acids is 1. The highest BCUT2D eigenvalue weighted by Crippen LogP contribution is 2.36. The van der Waals surface area contributed by atoms with Gasteiger partial charge in [0.1, 0.15) is 5.75 Å². The van der Waals surface area contributed by atoms with Crippen molar-refractivity contribution in [2.75, 3.05) is 7.11 Å². The number of halogens is 1. The minimum atomic E-state index is -0.920. The number of fused-ring (bicyclic) bond motifs is 1. The Morgan fingerprint density at radius 3 is 2.66 bits per heavy atom. The standard InChI is InChI=1S/C25H22BrNO5/c1-31-22-8-6-15(11-24(29)30)10-23(22)32-21-9-7-18(26)12-17(21)14-27-25-19-5-3-2-4-16(19)13-20(25)28/h2-10,12,25,27H,11,13-14H2,1H3,(H,29,30)/t25-/m0/s1. The van der Waals surface area contributed by atoms with Gasteiger partial charge in [0.25, 0.3) is 0 Å². The number of hydrogen-bond donors (Lipinski definition) is 2. The summed E-state index contributed by atoms with van der Waals surface area (Å²) in [6.45, 7) is 0.413. The molecule has 0 aromatic heterocycles. The van der Waals surface area contributed by atoms with Crippen molar-refractivity contribution in [3.8, 4) is 17.2 Å². The van der Waals surface area contributed by atoms with E-state index in [-0.39, 0.29) is 18.2 Å². The van der Waals surface area contributed by atoms with Gasteiger partial charge in [-0.2, -0.15) is 0 Å². The molecule has 1 atom stereocenters. The van der Waals surface area contributed by atoms with Crippen molar-refractivity contribution in [3.63, 3.8) is 0 Å². The predicted molar refractivity (Wildman–Crippen MR) is 123 cm³/mol. The van der Waals surface area contributed by atoms with Crippen molar-refractivity contribution in [1.29, 1.82) is 0 Å². The second kappa shape index (κ2) is 9.54. The molecule has 1 aliphatic rings. The van der Waals surface area contributed by atoms with Crippen LogP contribution in [-0.4, -0.2) is 24.0 Å². The van der Waals surface area contributed by atoms with Crippen LogP contribution in [0.4, 0.5) is 0 Å². The first-order valence-electron chi connectivity index (χ1n) is 10.1. The van der Waals surface area contributed by atoms with Gasteiger partial charge in [-0.3, -0.25) is 14.9 Å². The fourth-order valence-corrected chi connectivity index (χ4v) is 4.27. The number of aliphatic carboxylic acids is 1. The highest BCUT2D eigenvalue weighted by Gasteiger charge is 2.29. The molecule has 6 nitrogen and oxygen atoms in total. The topological polar surface area (TPSA) is 84.9 Å². The number of benzene rings is 3. The lowest BCUT2D eigenvalue weighted by atomic mass is 10.1. The smallest absolute Gasteiger partial charge is 0.307 e. The van der Waals surface area contributed by atoms with E-state index < -0.39 is 5.97 Å². The van der Waals surface area contributed by atoms with E-state index >= 15 is 0 Å². The summed E-state index contributed by atoms with van der Waals surface area (Å²) in [5.74, 6) is 0.742. The number of carbonyl (C=O) groups is 2. The van der Waals surface area contributed by atoms with E-state index in [4.69, 9.17) is 14.6 Å². The molecule has 3 aromatic rings. The molecule has 0 saturated carbocycles. The van der Waals surface area contributed by atoms with Gasteiger partial charge in [0.2, 0.25) is 0 Å². The molecule has 0 spiro atoms. The summed E-state index contributed by atoms with van der Waals surface area (Å²) in [6, 6.07) is 18.2. The van der Waals surface area contributed by atoms with Crippen LogP contribution >= 0.6 is 15.9 Å². The van der Waals surface area contributed by atoms with E-state index in [2.05, 4.69) is 21.2 Å². The van der Waals surface area contributed by atoms with Crippen LogP contribution < -0.4 is 14.8 Å². The van der Waals surface area contributed by atoms with Crippen LogP contribution in [0.2, 0.25) is 0 Å². The van der Waals surface area contributed by atoms with E-state index in [0.717, 1.165) is 21.2 Å². The Labute approximate surface area is 194 Å². The molecule has 0 saturated heterocycles. The highest BCUT2D eigenvalue weighted by atomic mass is 79.9. The van der Waals surface area contributed by atoms with Gasteiger partial charge in [0, 0.05) is 23.0 Å². The third-order valence-corrected chi connectivity index (χ3v) is 5.87. The number of rotatable bonds is 8. The van der Waals surface area contributed by atoms with Crippen LogP contribution in [0, 0.1) is 0 Å². The molecule has 32 heavy (non-hydrogen) atoms. The Bertz CT molecular complexity index is 1180. The maximum Gasteiger partial charge on any atom is 0.307 e. The number of carboxylic acid groups (broad SMARTS) is 1. The lowest BCUT2D eigenvalue weighted by Crippen LogP contribution is -2.25. The molecular weight excluding hydrogens is 474 g/mol. The molecule has 0 unspecified atom stereocenters. The number of nitrogens with one attached hydrogen (secondary N) is 1. The molecule has 0 heterocycles. The summed E-state index contributed by atoms with van der Waals surface area (Å²) in [6.07, 6.45) is 0.321. The number of hydrogen-bond acceptors (Lipinski definition) is 5. The molecule has 0 radical (unpaired) electrons. The van der Waals surface area contributed by atoms with Gasteiger partial charge < -0.3 is 14.6 Å². The quantitative estimate of drug-likeness (QED) is 0.465. The number of carboxylic acids is 1. The normalized spacial score (nSPS) is 14.8. The van der Waals surface area contributed by atoms with Gasteiger partial charge in [-0.25, -0.2) is 0 Å². The van der Waals surface area contributed by atoms with Crippen LogP contribution in [0.3, 0.4) is 0 Å². The molecule has 0 amide bonds. The maximum absolute atomic E-state index is 12.5. The molecule has 1 aliphatic carbocycles. The number of ketones is 1. The summed E-state index contributed by atoms with van der Waals surface area (Å²) < 4.78 is 12.4. The van der Waals surface area contributed by atoms with Crippen molar-refractivity contribution in [3.05, 3.63) is 87.4 Å². The molecular formula is C25H22BrNO5. The fourth-order valence-electron chi connectivity index (χ4n) is 3.87. The third-order valence-electron chi connectivity index (χ3n) is 5.38. The average molecular weight is 496 g/mol. The molecule has 7 heteroatoms. The summed E-state index contributed by atoms with van der Waals surface area (Å²) in [4.78, 5) is 23.6. The SMILES string of the molecule is COc1ccc(CC(=O)O)cc1Oc1ccc(Br)cc1CN[C@@H]1C(=O)Cc2ccccc21. The second-order valence-corrected chi connectivity index (χ2v) is 8.48. The third kappa shape index (κ3) is 4.84. The summed E-state index contributed by atoms with van der Waals surface area (Å²) in [5, 5.41) is 12.5. The molecule has 3 aromatic carbocycles. The number of ether oxygens (including phenoxy) is 2. The molecule has 0 fully saturated rings. The fraction of sp³-hybridized carbons (Fsp3) is 0.200. The molecule has 4 rings (SSSR count). The lowest BCUT2D eigenvalue weighted by molar-refractivity contribution is -0.136. The summed E-state index contributed by atoms with van der Waals surface area (Å²) in [5.41, 5.74) is 3.53. The minimum Gasteiger partial charge on any atom is -0.493 e. The van der Waals surface area contributed by atoms with Gasteiger partial charge in [0.05, 0.1) is 19.6 Å². The number of Topliss-reactive ketones (excluding diaryl/α,β-unsaturated/α-hetero) is 1. The first-order chi connectivity index (χ1) is 15.4. The van der Waals surface area contributed by atoms with Crippen LogP contribution in [-0.2, 0) is 29.0 Å². The van der Waals surface area contributed by atoms with Gasteiger partial charge >= 0.3 is 5.97 Å². The zero-order chi connectivity index (χ0) is 22.7. The Morgan fingerprint density at radius 1 is 1.09 bits per heavy atom. The molecule has 0 aliphatic heterocycles. The van der Waals surface area contributed by atoms with Crippen molar-refractivity contribution in [2.45, 2.75) is 25.4 Å². The van der Waals surface area contributed by atoms with E-state index in [0.29, 0.717) is 35.8 Å². The van der Waals surface area contributed by atoms with Crippen LogP contribution in [0.15, 0.2) is 65.1 Å². The Kier molecular flexibility index (Phi) is 6.58. The van der Waals surface area contributed by atoms with Crippen molar-refractivity contribution >= 4 is 27.7 Å². The zero-order valence-electron chi connectivity index (χ0n) is 17.4. The molecule has 164 valence electrons. The first-order valence-corrected chi connectivity index (χ1v) is 10.9. The lowest BCUT2D eigenvalue weighted by Gasteiger charge is -2.17. The number of methoxy groups -OCH3 is 1. The summed E-state index contributed by atoms with van der Waals surface area (Å²) >= 11 is 3.50. The van der Waals surface area contributed by atoms with Gasteiger partial charge in [-0.05, 0) is 47.0 Å². The van der Waals surface area contributed by atoms with E-state index in [9.17, 15) is 9.59 Å². The monoisotopic (exact) mass is 495 g/mol. The van der Waals surface area contributed by atoms with Crippen LogP contribution in [0.25, 0.3) is 0 Å². The average Bonchev–Trinajstić information content (AvgIpc) is 3.08. The van der Waals surface area contributed by atoms with Crippen molar-refractivity contribution in [1.82, 2.24) is 5.32 Å². The summed E-state index contributed by atoms with van der Waals surface area (Å²) in [7, 11) is 1.53. The zero-order valence-corrected chi connectivity index (χ0v) is 19.0. The molecule has 0 bridgehead atoms. The largest absolute Gasteiger partial charge is 0.493 e. The van der Waals surface area contributed by atoms with Crippen LogP contribution in [0.5, 0.6) is 17.2 Å².